The summed E-state index contributed by atoms with van der Waals surface area (Å²) < 4.78 is 25.9. The van der Waals surface area contributed by atoms with Crippen molar-refractivity contribution in [1.82, 2.24) is 0 Å². The van der Waals surface area contributed by atoms with Gasteiger partial charge in [-0.25, -0.2) is 0 Å². The van der Waals surface area contributed by atoms with Crippen LogP contribution in [0, 0.1) is 0 Å². The monoisotopic (exact) mass is 454 g/mol. The van der Waals surface area contributed by atoms with E-state index < -0.39 is 8.32 Å². The summed E-state index contributed by atoms with van der Waals surface area (Å²) in [6.07, 6.45) is 0.840. The minimum Gasteiger partial charge on any atom is -0.408 e. The topological polar surface area (TPSA) is 36.9 Å². The smallest absolute Gasteiger partial charge is 0.192 e. The van der Waals surface area contributed by atoms with Crippen LogP contribution in [0.25, 0.3) is 0 Å². The largest absolute Gasteiger partial charge is 0.408 e. The summed E-state index contributed by atoms with van der Waals surface area (Å²) in [5.41, 5.74) is 2.25. The van der Waals surface area contributed by atoms with E-state index in [9.17, 15) is 0 Å². The molecule has 0 N–H and O–H groups in total. The van der Waals surface area contributed by atoms with Crippen LogP contribution in [0.5, 0.6) is 0 Å². The first-order valence-electron chi connectivity index (χ1n) is 11.4. The average molecular weight is 455 g/mol. The molecule has 174 valence electrons. The molecule has 1 fully saturated rings. The third kappa shape index (κ3) is 6.39. The van der Waals surface area contributed by atoms with Gasteiger partial charge in [-0.15, -0.1) is 6.58 Å². The van der Waals surface area contributed by atoms with Crippen molar-refractivity contribution in [3.63, 3.8) is 0 Å². The molecule has 0 radical (unpaired) electrons. The van der Waals surface area contributed by atoms with Gasteiger partial charge in [0.2, 0.25) is 0 Å². The van der Waals surface area contributed by atoms with Gasteiger partial charge in [0.25, 0.3) is 0 Å². The number of benzene rings is 2. The lowest BCUT2D eigenvalue weighted by atomic mass is 9.99. The molecule has 2 aromatic rings. The number of rotatable bonds is 9. The van der Waals surface area contributed by atoms with E-state index in [0.29, 0.717) is 19.8 Å². The molecule has 1 aliphatic heterocycles. The van der Waals surface area contributed by atoms with E-state index in [1.54, 1.807) is 0 Å². The lowest BCUT2D eigenvalue weighted by Crippen LogP contribution is -2.59. The second-order valence-corrected chi connectivity index (χ2v) is 14.7. The standard InChI is InChI=1S/C27H38O4Si/c1-7-23-26(31-32(5,6)27(2,3)4)25(30-19-22-16-12-9-13-17-22)24(20-29-23)28-18-21-14-10-8-11-15-21/h7-17,23-26H,1,18-20H2,2-6H3/t23-,24-,25-,26-/m1/s1. The number of hydrogen-bond donors (Lipinski definition) is 0. The molecule has 1 saturated heterocycles. The van der Waals surface area contributed by atoms with E-state index in [-0.39, 0.29) is 29.5 Å². The van der Waals surface area contributed by atoms with Gasteiger partial charge in [0, 0.05) is 0 Å². The Kier molecular flexibility index (Phi) is 8.47. The predicted octanol–water partition coefficient (Wildman–Crippen LogP) is 6.13. The van der Waals surface area contributed by atoms with Gasteiger partial charge in [-0.3, -0.25) is 0 Å². The second kappa shape index (κ2) is 10.9. The van der Waals surface area contributed by atoms with Gasteiger partial charge in [-0.1, -0.05) is 87.5 Å². The maximum Gasteiger partial charge on any atom is 0.192 e. The van der Waals surface area contributed by atoms with Crippen molar-refractivity contribution in [3.8, 4) is 0 Å². The third-order valence-electron chi connectivity index (χ3n) is 6.53. The SMILES string of the molecule is C=C[C@H]1OC[C@@H](OCc2ccccc2)[C@@H](OCc2ccccc2)[C@@H]1O[Si](C)(C)C(C)(C)C. The number of hydrogen-bond acceptors (Lipinski definition) is 4. The molecule has 4 atom stereocenters. The molecule has 0 spiro atoms. The molecule has 3 rings (SSSR count). The van der Waals surface area contributed by atoms with Crippen molar-refractivity contribution >= 4 is 8.32 Å². The van der Waals surface area contributed by atoms with Crippen LogP contribution in [-0.2, 0) is 31.9 Å². The summed E-state index contributed by atoms with van der Waals surface area (Å²) in [7, 11) is -2.08. The minimum atomic E-state index is -2.08. The van der Waals surface area contributed by atoms with Crippen LogP contribution in [0.15, 0.2) is 73.3 Å². The third-order valence-corrected chi connectivity index (χ3v) is 11.0. The van der Waals surface area contributed by atoms with E-state index in [4.69, 9.17) is 18.6 Å². The molecular weight excluding hydrogens is 416 g/mol. The molecule has 32 heavy (non-hydrogen) atoms. The highest BCUT2D eigenvalue weighted by Gasteiger charge is 2.47. The van der Waals surface area contributed by atoms with Crippen molar-refractivity contribution in [2.75, 3.05) is 6.61 Å². The Balaban J connectivity index is 1.83. The molecule has 1 heterocycles. The normalized spacial score (nSPS) is 24.3. The Labute approximate surface area is 194 Å². The molecule has 1 aliphatic rings. The van der Waals surface area contributed by atoms with Crippen LogP contribution in [0.2, 0.25) is 18.1 Å². The van der Waals surface area contributed by atoms with Crippen LogP contribution in [0.1, 0.15) is 31.9 Å². The fourth-order valence-electron chi connectivity index (χ4n) is 3.54. The van der Waals surface area contributed by atoms with E-state index in [1.807, 2.05) is 42.5 Å². The van der Waals surface area contributed by atoms with Gasteiger partial charge < -0.3 is 18.6 Å². The van der Waals surface area contributed by atoms with Crippen LogP contribution in [0.4, 0.5) is 0 Å². The minimum absolute atomic E-state index is 0.0700. The van der Waals surface area contributed by atoms with Gasteiger partial charge in [0.15, 0.2) is 8.32 Å². The first-order chi connectivity index (χ1) is 15.2. The van der Waals surface area contributed by atoms with Crippen molar-refractivity contribution in [2.45, 2.75) is 76.5 Å². The molecule has 0 unspecified atom stereocenters. The maximum atomic E-state index is 6.87. The highest BCUT2D eigenvalue weighted by Crippen LogP contribution is 2.39. The summed E-state index contributed by atoms with van der Waals surface area (Å²) >= 11 is 0. The van der Waals surface area contributed by atoms with Gasteiger partial charge in [0.05, 0.1) is 19.8 Å². The van der Waals surface area contributed by atoms with Crippen molar-refractivity contribution in [3.05, 3.63) is 84.4 Å². The van der Waals surface area contributed by atoms with Crippen molar-refractivity contribution in [1.29, 1.82) is 0 Å². The molecule has 4 nitrogen and oxygen atoms in total. The van der Waals surface area contributed by atoms with Gasteiger partial charge in [0.1, 0.15) is 24.4 Å². The van der Waals surface area contributed by atoms with E-state index in [0.717, 1.165) is 11.1 Å². The molecule has 0 aromatic heterocycles. The van der Waals surface area contributed by atoms with Gasteiger partial charge >= 0.3 is 0 Å². The Morgan fingerprint density at radius 2 is 1.44 bits per heavy atom. The van der Waals surface area contributed by atoms with E-state index >= 15 is 0 Å². The first-order valence-corrected chi connectivity index (χ1v) is 14.3. The quantitative estimate of drug-likeness (QED) is 0.337. The zero-order chi connectivity index (χ0) is 23.2. The maximum absolute atomic E-state index is 6.87. The summed E-state index contributed by atoms with van der Waals surface area (Å²) in [6.45, 7) is 16.7. The fraction of sp³-hybridized carbons (Fsp3) is 0.481. The highest BCUT2D eigenvalue weighted by atomic mass is 28.4. The second-order valence-electron chi connectivity index (χ2n) is 9.97. The molecule has 5 heteroatoms. The van der Waals surface area contributed by atoms with Crippen LogP contribution < -0.4 is 0 Å². The molecule has 0 bridgehead atoms. The Morgan fingerprint density at radius 3 is 1.94 bits per heavy atom. The number of ether oxygens (including phenoxy) is 3. The van der Waals surface area contributed by atoms with E-state index in [1.165, 1.54) is 0 Å². The zero-order valence-electron chi connectivity index (χ0n) is 20.1. The van der Waals surface area contributed by atoms with E-state index in [2.05, 4.69) is 64.7 Å². The molecule has 0 aliphatic carbocycles. The summed E-state index contributed by atoms with van der Waals surface area (Å²) in [4.78, 5) is 0. The Morgan fingerprint density at radius 1 is 0.906 bits per heavy atom. The van der Waals surface area contributed by atoms with Gasteiger partial charge in [-0.05, 0) is 29.3 Å². The molecule has 0 amide bonds. The van der Waals surface area contributed by atoms with Crippen LogP contribution >= 0.6 is 0 Å². The first kappa shape index (κ1) is 24.9. The predicted molar refractivity (Wildman–Crippen MR) is 132 cm³/mol. The Hall–Kier alpha value is -1.76. The summed E-state index contributed by atoms with van der Waals surface area (Å²) in [5.74, 6) is 0. The molecule has 2 aromatic carbocycles. The van der Waals surface area contributed by atoms with Gasteiger partial charge in [-0.2, -0.15) is 0 Å². The summed E-state index contributed by atoms with van der Waals surface area (Å²) in [5, 5.41) is 0.0700. The lowest BCUT2D eigenvalue weighted by molar-refractivity contribution is -0.208. The fourth-order valence-corrected chi connectivity index (χ4v) is 4.84. The summed E-state index contributed by atoms with van der Waals surface area (Å²) in [6, 6.07) is 20.4. The average Bonchev–Trinajstić information content (AvgIpc) is 2.77. The lowest BCUT2D eigenvalue weighted by Gasteiger charge is -2.47. The van der Waals surface area contributed by atoms with Crippen LogP contribution in [0.3, 0.4) is 0 Å². The zero-order valence-corrected chi connectivity index (χ0v) is 21.1. The highest BCUT2D eigenvalue weighted by molar-refractivity contribution is 6.74. The molecule has 0 saturated carbocycles. The van der Waals surface area contributed by atoms with Crippen molar-refractivity contribution < 1.29 is 18.6 Å². The van der Waals surface area contributed by atoms with Crippen molar-refractivity contribution in [2.24, 2.45) is 0 Å². The molecular formula is C27H38O4Si. The Bertz CT molecular complexity index is 832. The van der Waals surface area contributed by atoms with Crippen LogP contribution in [-0.4, -0.2) is 39.3 Å².